The molecule has 0 aliphatic rings. The van der Waals surface area contributed by atoms with E-state index in [1.54, 1.807) is 44.6 Å². The van der Waals surface area contributed by atoms with Gasteiger partial charge in [0.05, 0.1) is 17.1 Å². The Kier molecular flexibility index (Phi) is 5.96. The van der Waals surface area contributed by atoms with Gasteiger partial charge in [-0.25, -0.2) is 15.0 Å². The number of rotatable bonds is 6. The minimum Gasteiger partial charge on any atom is -0.384 e. The SMILES string of the molecule is CC(=O)Nc1cc(Nc2cc(C)nc(C(C)(F)F)n2)c(-c2cc(C(C)(C)O)n(C)n2)cn1. The lowest BCUT2D eigenvalue weighted by Gasteiger charge is -2.16. The van der Waals surface area contributed by atoms with E-state index in [-0.39, 0.29) is 17.5 Å². The third-order valence-electron chi connectivity index (χ3n) is 4.50. The van der Waals surface area contributed by atoms with Crippen LogP contribution >= 0.6 is 0 Å². The number of aliphatic hydroxyl groups is 1. The van der Waals surface area contributed by atoms with Crippen LogP contribution in [0.2, 0.25) is 0 Å². The van der Waals surface area contributed by atoms with Gasteiger partial charge in [0.1, 0.15) is 17.2 Å². The van der Waals surface area contributed by atoms with Crippen molar-refractivity contribution in [2.45, 2.75) is 46.1 Å². The molecular formula is C21H25F2N7O2. The smallest absolute Gasteiger partial charge is 0.303 e. The Morgan fingerprint density at radius 1 is 1.12 bits per heavy atom. The molecule has 0 saturated carbocycles. The minimum atomic E-state index is -3.21. The summed E-state index contributed by atoms with van der Waals surface area (Å²) >= 11 is 0. The van der Waals surface area contributed by atoms with Crippen molar-refractivity contribution in [2.75, 3.05) is 10.6 Å². The summed E-state index contributed by atoms with van der Waals surface area (Å²) in [5.74, 6) is -3.74. The molecule has 3 N–H and O–H groups in total. The van der Waals surface area contributed by atoms with Gasteiger partial charge in [-0.3, -0.25) is 9.48 Å². The number of halogens is 2. The second-order valence-corrected chi connectivity index (χ2v) is 8.13. The van der Waals surface area contributed by atoms with Crippen molar-refractivity contribution in [3.8, 4) is 11.3 Å². The molecule has 3 heterocycles. The summed E-state index contributed by atoms with van der Waals surface area (Å²) in [5.41, 5.74) is 1.22. The van der Waals surface area contributed by atoms with Crippen LogP contribution in [0, 0.1) is 6.92 Å². The first-order chi connectivity index (χ1) is 14.7. The predicted octanol–water partition coefficient (Wildman–Crippen LogP) is 3.62. The average molecular weight is 445 g/mol. The summed E-state index contributed by atoms with van der Waals surface area (Å²) in [4.78, 5) is 23.5. The fourth-order valence-electron chi connectivity index (χ4n) is 3.15. The Balaban J connectivity index is 2.12. The highest BCUT2D eigenvalue weighted by molar-refractivity contribution is 5.89. The molecule has 3 rings (SSSR count). The highest BCUT2D eigenvalue weighted by Crippen LogP contribution is 2.33. The molecule has 32 heavy (non-hydrogen) atoms. The Bertz CT molecular complexity index is 1160. The minimum absolute atomic E-state index is 0.147. The van der Waals surface area contributed by atoms with Crippen LogP contribution in [-0.4, -0.2) is 35.7 Å². The van der Waals surface area contributed by atoms with Crippen molar-refractivity contribution >= 4 is 23.2 Å². The lowest BCUT2D eigenvalue weighted by molar-refractivity contribution is -0.114. The topological polar surface area (TPSA) is 118 Å². The van der Waals surface area contributed by atoms with Crippen LogP contribution in [0.25, 0.3) is 11.3 Å². The number of amides is 1. The van der Waals surface area contributed by atoms with Crippen LogP contribution in [0.3, 0.4) is 0 Å². The molecule has 0 aliphatic carbocycles. The largest absolute Gasteiger partial charge is 0.384 e. The van der Waals surface area contributed by atoms with Crippen LogP contribution in [0.1, 0.15) is 44.9 Å². The van der Waals surface area contributed by atoms with E-state index < -0.39 is 17.3 Å². The van der Waals surface area contributed by atoms with Gasteiger partial charge in [-0.1, -0.05) is 0 Å². The van der Waals surface area contributed by atoms with E-state index >= 15 is 0 Å². The highest BCUT2D eigenvalue weighted by Gasteiger charge is 2.29. The van der Waals surface area contributed by atoms with Gasteiger partial charge in [-0.05, 0) is 26.8 Å². The van der Waals surface area contributed by atoms with Crippen LogP contribution in [-0.2, 0) is 23.4 Å². The molecule has 9 nitrogen and oxygen atoms in total. The molecule has 0 saturated heterocycles. The van der Waals surface area contributed by atoms with Gasteiger partial charge in [0, 0.05) is 50.5 Å². The number of aryl methyl sites for hydroxylation is 2. The van der Waals surface area contributed by atoms with Crippen molar-refractivity contribution in [2.24, 2.45) is 7.05 Å². The van der Waals surface area contributed by atoms with E-state index in [4.69, 9.17) is 0 Å². The van der Waals surface area contributed by atoms with Crippen molar-refractivity contribution in [3.05, 3.63) is 41.6 Å². The zero-order valence-corrected chi connectivity index (χ0v) is 18.7. The molecule has 3 aromatic rings. The molecule has 11 heteroatoms. The molecule has 0 bridgehead atoms. The zero-order valence-electron chi connectivity index (χ0n) is 18.7. The summed E-state index contributed by atoms with van der Waals surface area (Å²) in [6.45, 7) is 6.94. The Morgan fingerprint density at radius 2 is 1.81 bits per heavy atom. The van der Waals surface area contributed by atoms with Gasteiger partial charge in [0.2, 0.25) is 11.7 Å². The quantitative estimate of drug-likeness (QED) is 0.530. The molecule has 0 radical (unpaired) electrons. The summed E-state index contributed by atoms with van der Waals surface area (Å²) in [5, 5.41) is 20.4. The second-order valence-electron chi connectivity index (χ2n) is 8.13. The van der Waals surface area contributed by atoms with Crippen LogP contribution in [0.4, 0.5) is 26.1 Å². The number of hydrogen-bond donors (Lipinski definition) is 3. The zero-order chi connectivity index (χ0) is 23.8. The van der Waals surface area contributed by atoms with Gasteiger partial charge >= 0.3 is 5.92 Å². The fraction of sp³-hybridized carbons (Fsp3) is 0.381. The number of anilines is 3. The van der Waals surface area contributed by atoms with E-state index in [0.29, 0.717) is 28.3 Å². The summed E-state index contributed by atoms with van der Waals surface area (Å²) in [6, 6.07) is 4.78. The van der Waals surface area contributed by atoms with E-state index in [1.807, 2.05) is 0 Å². The number of carbonyl (C=O) groups is 1. The standard InChI is InChI=1S/C21H25F2N7O2/c1-11-7-18(28-19(25-11)21(5,22)23)27-14-9-17(26-12(2)31)24-10-13(14)15-8-16(20(3,4)32)30(6)29-15/h7-10,32H,1-6H3,(H2,24,25,26,27,28,31). The molecular weight excluding hydrogens is 420 g/mol. The van der Waals surface area contributed by atoms with Crippen LogP contribution < -0.4 is 10.6 Å². The maximum absolute atomic E-state index is 13.8. The van der Waals surface area contributed by atoms with Crippen molar-refractivity contribution in [3.63, 3.8) is 0 Å². The molecule has 0 fully saturated rings. The van der Waals surface area contributed by atoms with Gasteiger partial charge < -0.3 is 15.7 Å². The number of alkyl halides is 2. The third-order valence-corrected chi connectivity index (χ3v) is 4.50. The van der Waals surface area contributed by atoms with Gasteiger partial charge in [-0.2, -0.15) is 13.9 Å². The molecule has 3 aromatic heterocycles. The summed E-state index contributed by atoms with van der Waals surface area (Å²) in [6.07, 6.45) is 1.49. The van der Waals surface area contributed by atoms with Gasteiger partial charge in [-0.15, -0.1) is 0 Å². The van der Waals surface area contributed by atoms with Crippen LogP contribution in [0.5, 0.6) is 0 Å². The van der Waals surface area contributed by atoms with Gasteiger partial charge in [0.25, 0.3) is 0 Å². The lowest BCUT2D eigenvalue weighted by atomic mass is 10.0. The number of nitrogens with one attached hydrogen (secondary N) is 2. The lowest BCUT2D eigenvalue weighted by Crippen LogP contribution is -2.19. The summed E-state index contributed by atoms with van der Waals surface area (Å²) in [7, 11) is 1.70. The molecule has 170 valence electrons. The van der Waals surface area contributed by atoms with Crippen molar-refractivity contribution < 1.29 is 18.7 Å². The Morgan fingerprint density at radius 3 is 2.38 bits per heavy atom. The molecule has 0 unspecified atom stereocenters. The Labute approximate surface area is 183 Å². The van der Waals surface area contributed by atoms with E-state index in [0.717, 1.165) is 6.92 Å². The number of aromatic nitrogens is 5. The predicted molar refractivity (Wildman–Crippen MR) is 116 cm³/mol. The molecule has 1 amide bonds. The number of hydrogen-bond acceptors (Lipinski definition) is 7. The van der Waals surface area contributed by atoms with E-state index in [1.165, 1.54) is 19.2 Å². The van der Waals surface area contributed by atoms with Crippen molar-refractivity contribution in [1.29, 1.82) is 0 Å². The first-order valence-corrected chi connectivity index (χ1v) is 9.80. The normalized spacial score (nSPS) is 12.0. The van der Waals surface area contributed by atoms with Crippen LogP contribution in [0.15, 0.2) is 24.4 Å². The monoisotopic (exact) mass is 445 g/mol. The maximum Gasteiger partial charge on any atom is 0.303 e. The average Bonchev–Trinajstić information content (AvgIpc) is 3.02. The molecule has 0 aliphatic heterocycles. The highest BCUT2D eigenvalue weighted by atomic mass is 19.3. The number of carbonyl (C=O) groups excluding carboxylic acids is 1. The first kappa shape index (κ1) is 23.2. The van der Waals surface area contributed by atoms with E-state index in [2.05, 4.69) is 30.7 Å². The summed E-state index contributed by atoms with van der Waals surface area (Å²) < 4.78 is 29.2. The number of nitrogens with zero attached hydrogens (tertiary/aromatic N) is 5. The van der Waals surface area contributed by atoms with Gasteiger partial charge in [0.15, 0.2) is 0 Å². The number of pyridine rings is 1. The van der Waals surface area contributed by atoms with Crippen molar-refractivity contribution in [1.82, 2.24) is 24.7 Å². The van der Waals surface area contributed by atoms with E-state index in [9.17, 15) is 18.7 Å². The third kappa shape index (κ3) is 5.22. The molecule has 0 spiro atoms. The molecule has 0 aromatic carbocycles. The molecule has 0 atom stereocenters. The maximum atomic E-state index is 13.8. The first-order valence-electron chi connectivity index (χ1n) is 9.80. The fourth-order valence-corrected chi connectivity index (χ4v) is 3.15. The second kappa shape index (κ2) is 8.23. The Hall–Kier alpha value is -3.47.